The molecule has 2 aromatic carbocycles. The Morgan fingerprint density at radius 3 is 2.44 bits per heavy atom. The molecular weight excluding hydrogens is 354 g/mol. The molecule has 1 fully saturated rings. The number of carbonyl (C=O) groups is 1. The van der Waals surface area contributed by atoms with Gasteiger partial charge < -0.3 is 9.88 Å². The maximum absolute atomic E-state index is 12.3. The molecule has 5 heteroatoms. The molecule has 1 aliphatic rings. The molecule has 1 heterocycles. The number of nitrogens with one attached hydrogen (secondary N) is 1. The van der Waals surface area contributed by atoms with Gasteiger partial charge in [0.2, 0.25) is 5.91 Å². The third kappa shape index (κ3) is 3.93. The van der Waals surface area contributed by atoms with Gasteiger partial charge in [-0.25, -0.2) is 4.98 Å². The summed E-state index contributed by atoms with van der Waals surface area (Å²) in [6.07, 6.45) is 4.15. The summed E-state index contributed by atoms with van der Waals surface area (Å²) in [5, 5.41) is 3.97. The molecule has 0 unspecified atom stereocenters. The molecule has 0 radical (unpaired) electrons. The van der Waals surface area contributed by atoms with Crippen molar-refractivity contribution < 1.29 is 4.79 Å². The lowest BCUT2D eigenvalue weighted by molar-refractivity contribution is -0.118. The van der Waals surface area contributed by atoms with Gasteiger partial charge in [-0.2, -0.15) is 0 Å². The zero-order valence-electron chi connectivity index (χ0n) is 15.4. The molecule has 0 spiro atoms. The van der Waals surface area contributed by atoms with Crippen molar-refractivity contribution in [2.75, 3.05) is 12.3 Å². The summed E-state index contributed by atoms with van der Waals surface area (Å²) in [6.45, 7) is 0.715. The van der Waals surface area contributed by atoms with Crippen molar-refractivity contribution in [1.82, 2.24) is 14.9 Å². The van der Waals surface area contributed by atoms with Crippen molar-refractivity contribution in [2.45, 2.75) is 23.4 Å². The number of carbonyl (C=O) groups excluding carboxylic acids is 1. The van der Waals surface area contributed by atoms with E-state index in [1.165, 1.54) is 17.3 Å². The summed E-state index contributed by atoms with van der Waals surface area (Å²) in [4.78, 5) is 16.8. The maximum atomic E-state index is 12.3. The number of nitrogens with zero attached hydrogens (tertiary/aromatic N) is 2. The number of hydrogen-bond acceptors (Lipinski definition) is 3. The highest BCUT2D eigenvalue weighted by molar-refractivity contribution is 7.99. The minimum Gasteiger partial charge on any atom is -0.354 e. The van der Waals surface area contributed by atoms with E-state index in [0.29, 0.717) is 12.3 Å². The molecule has 0 atom stereocenters. The van der Waals surface area contributed by atoms with E-state index in [2.05, 4.69) is 46.7 Å². The fourth-order valence-corrected chi connectivity index (χ4v) is 4.14. The van der Waals surface area contributed by atoms with Crippen LogP contribution >= 0.6 is 11.8 Å². The van der Waals surface area contributed by atoms with Crippen molar-refractivity contribution in [3.05, 3.63) is 72.4 Å². The predicted octanol–water partition coefficient (Wildman–Crippen LogP) is 4.03. The average molecular weight is 378 g/mol. The van der Waals surface area contributed by atoms with Crippen LogP contribution in [0.25, 0.3) is 11.3 Å². The number of amides is 1. The number of rotatable bonds is 7. The van der Waals surface area contributed by atoms with Crippen molar-refractivity contribution in [1.29, 1.82) is 0 Å². The molecule has 3 aromatic rings. The van der Waals surface area contributed by atoms with Gasteiger partial charge >= 0.3 is 0 Å². The lowest BCUT2D eigenvalue weighted by Gasteiger charge is -2.16. The summed E-state index contributed by atoms with van der Waals surface area (Å²) >= 11 is 1.48. The molecular formula is C22H23N3OS. The van der Waals surface area contributed by atoms with Crippen LogP contribution in [0.5, 0.6) is 0 Å². The summed E-state index contributed by atoms with van der Waals surface area (Å²) in [7, 11) is 1.99. The first kappa shape index (κ1) is 17.9. The van der Waals surface area contributed by atoms with Crippen LogP contribution in [0.4, 0.5) is 0 Å². The summed E-state index contributed by atoms with van der Waals surface area (Å²) in [5.41, 5.74) is 3.65. The molecule has 0 aliphatic heterocycles. The van der Waals surface area contributed by atoms with Crippen molar-refractivity contribution in [3.63, 3.8) is 0 Å². The molecule has 1 aromatic heterocycles. The van der Waals surface area contributed by atoms with Gasteiger partial charge in [-0.15, -0.1) is 0 Å². The molecule has 1 saturated carbocycles. The maximum Gasteiger partial charge on any atom is 0.230 e. The van der Waals surface area contributed by atoms with Gasteiger partial charge in [0, 0.05) is 19.0 Å². The van der Waals surface area contributed by atoms with Gasteiger partial charge in [-0.05, 0) is 24.0 Å². The normalized spacial score (nSPS) is 14.7. The Kier molecular flexibility index (Phi) is 5.03. The minimum atomic E-state index is 0.0615. The summed E-state index contributed by atoms with van der Waals surface area (Å²) in [6, 6.07) is 20.7. The van der Waals surface area contributed by atoms with Crippen molar-refractivity contribution >= 4 is 17.7 Å². The van der Waals surface area contributed by atoms with Gasteiger partial charge in [0.15, 0.2) is 5.16 Å². The highest BCUT2D eigenvalue weighted by Gasteiger charge is 2.44. The van der Waals surface area contributed by atoms with E-state index < -0.39 is 0 Å². The first-order valence-corrected chi connectivity index (χ1v) is 10.2. The topological polar surface area (TPSA) is 46.9 Å². The predicted molar refractivity (Wildman–Crippen MR) is 110 cm³/mol. The first-order chi connectivity index (χ1) is 13.2. The smallest absolute Gasteiger partial charge is 0.230 e. The number of imidazole rings is 1. The molecule has 27 heavy (non-hydrogen) atoms. The Morgan fingerprint density at radius 2 is 1.78 bits per heavy atom. The standard InChI is InChI=1S/C22H23N3OS/c1-25-19(17-8-4-2-5-9-17)14-23-21(25)27-15-20(26)24-16-22(12-13-22)18-10-6-3-7-11-18/h2-11,14H,12-13,15-16H2,1H3,(H,24,26). The number of hydrogen-bond donors (Lipinski definition) is 1. The molecule has 4 nitrogen and oxygen atoms in total. The van der Waals surface area contributed by atoms with Crippen LogP contribution in [0, 0.1) is 0 Å². The zero-order valence-corrected chi connectivity index (χ0v) is 16.2. The summed E-state index contributed by atoms with van der Waals surface area (Å²) in [5.74, 6) is 0.440. The van der Waals surface area contributed by atoms with Gasteiger partial charge in [-0.1, -0.05) is 72.4 Å². The Hall–Kier alpha value is -2.53. The second-order valence-electron chi connectivity index (χ2n) is 7.06. The Labute approximate surface area is 164 Å². The number of aromatic nitrogens is 2. The van der Waals surface area contributed by atoms with Crippen molar-refractivity contribution in [2.24, 2.45) is 7.05 Å². The largest absolute Gasteiger partial charge is 0.354 e. The van der Waals surface area contributed by atoms with E-state index >= 15 is 0 Å². The van der Waals surface area contributed by atoms with Crippen LogP contribution in [0.1, 0.15) is 18.4 Å². The van der Waals surface area contributed by atoms with Gasteiger partial charge in [-0.3, -0.25) is 4.79 Å². The SMILES string of the molecule is Cn1c(-c2ccccc2)cnc1SCC(=O)NCC1(c2ccccc2)CC1. The molecule has 0 bridgehead atoms. The van der Waals surface area contributed by atoms with E-state index in [9.17, 15) is 4.79 Å². The Bertz CT molecular complexity index is 917. The van der Waals surface area contributed by atoms with E-state index in [1.54, 1.807) is 0 Å². The van der Waals surface area contributed by atoms with Crippen LogP contribution < -0.4 is 5.32 Å². The van der Waals surface area contributed by atoms with E-state index in [0.717, 1.165) is 29.3 Å². The minimum absolute atomic E-state index is 0.0615. The lowest BCUT2D eigenvalue weighted by atomic mass is 9.96. The Balaban J connectivity index is 1.32. The molecule has 0 saturated heterocycles. The van der Waals surface area contributed by atoms with Gasteiger partial charge in [0.05, 0.1) is 17.6 Å². The monoisotopic (exact) mass is 377 g/mol. The first-order valence-electron chi connectivity index (χ1n) is 9.20. The highest BCUT2D eigenvalue weighted by atomic mass is 32.2. The van der Waals surface area contributed by atoms with Crippen molar-refractivity contribution in [3.8, 4) is 11.3 Å². The van der Waals surface area contributed by atoms with Gasteiger partial charge in [0.1, 0.15) is 0 Å². The molecule has 138 valence electrons. The van der Waals surface area contributed by atoms with E-state index in [4.69, 9.17) is 0 Å². The third-order valence-electron chi connectivity index (χ3n) is 5.21. The quantitative estimate of drug-likeness (QED) is 0.633. The molecule has 4 rings (SSSR count). The Morgan fingerprint density at radius 1 is 1.11 bits per heavy atom. The van der Waals surface area contributed by atoms with Crippen LogP contribution in [0.15, 0.2) is 72.0 Å². The third-order valence-corrected chi connectivity index (χ3v) is 6.26. The van der Waals surface area contributed by atoms with E-state index in [-0.39, 0.29) is 11.3 Å². The van der Waals surface area contributed by atoms with E-state index in [1.807, 2.05) is 42.1 Å². The molecule has 1 N–H and O–H groups in total. The van der Waals surface area contributed by atoms with Crippen LogP contribution in [-0.4, -0.2) is 27.8 Å². The second kappa shape index (κ2) is 7.61. The second-order valence-corrected chi connectivity index (χ2v) is 8.01. The average Bonchev–Trinajstić information content (AvgIpc) is 3.43. The zero-order chi connectivity index (χ0) is 18.7. The number of thioether (sulfide) groups is 1. The highest BCUT2D eigenvalue weighted by Crippen LogP contribution is 2.47. The molecule has 1 amide bonds. The number of benzene rings is 2. The lowest BCUT2D eigenvalue weighted by Crippen LogP contribution is -2.33. The fraction of sp³-hybridized carbons (Fsp3) is 0.273. The van der Waals surface area contributed by atoms with Crippen LogP contribution in [0.2, 0.25) is 0 Å². The fourth-order valence-electron chi connectivity index (χ4n) is 3.36. The van der Waals surface area contributed by atoms with Crippen LogP contribution in [0.3, 0.4) is 0 Å². The van der Waals surface area contributed by atoms with Crippen LogP contribution in [-0.2, 0) is 17.3 Å². The molecule has 1 aliphatic carbocycles. The van der Waals surface area contributed by atoms with Gasteiger partial charge in [0.25, 0.3) is 0 Å². The summed E-state index contributed by atoms with van der Waals surface area (Å²) < 4.78 is 2.04.